The summed E-state index contributed by atoms with van der Waals surface area (Å²) in [7, 11) is 0. The Morgan fingerprint density at radius 2 is 2.24 bits per heavy atom. The summed E-state index contributed by atoms with van der Waals surface area (Å²) in [5.74, 6) is 1.65. The number of rotatable bonds is 2. The largest absolute Gasteiger partial charge is 0.493 e. The molecule has 0 amide bonds. The highest BCUT2D eigenvalue weighted by Crippen LogP contribution is 2.34. The molecule has 2 aliphatic heterocycles. The summed E-state index contributed by atoms with van der Waals surface area (Å²) in [4.78, 5) is 3.24. The Balaban J connectivity index is 1.67. The zero-order valence-corrected chi connectivity index (χ0v) is 11.5. The Hall–Kier alpha value is -0.540. The van der Waals surface area contributed by atoms with Crippen molar-refractivity contribution in [1.29, 1.82) is 0 Å². The van der Waals surface area contributed by atoms with Crippen molar-refractivity contribution in [2.75, 3.05) is 26.2 Å². The Morgan fingerprint density at radius 1 is 1.35 bits per heavy atom. The number of benzene rings is 1. The predicted octanol–water partition coefficient (Wildman–Crippen LogP) is 3.02. The molecule has 0 aromatic heterocycles. The minimum atomic E-state index is 0.559. The molecule has 0 radical (unpaired) electrons. The normalized spacial score (nSPS) is 28.8. The number of ether oxygens (including phenoxy) is 1. The fourth-order valence-electron chi connectivity index (χ4n) is 2.86. The lowest BCUT2D eigenvalue weighted by atomic mass is 9.99. The van der Waals surface area contributed by atoms with Gasteiger partial charge in [0.2, 0.25) is 0 Å². The van der Waals surface area contributed by atoms with E-state index in [1.165, 1.54) is 31.5 Å². The van der Waals surface area contributed by atoms with E-state index in [0.717, 1.165) is 18.9 Å². The van der Waals surface area contributed by atoms with E-state index >= 15 is 0 Å². The van der Waals surface area contributed by atoms with Crippen molar-refractivity contribution in [2.45, 2.75) is 23.6 Å². The first-order valence-corrected chi connectivity index (χ1v) is 7.32. The minimum absolute atomic E-state index is 0.559. The number of likely N-dealkylation sites (tertiary alicyclic amines) is 1. The van der Waals surface area contributed by atoms with Crippen LogP contribution in [0.15, 0.2) is 24.3 Å². The molecule has 1 saturated heterocycles. The lowest BCUT2D eigenvalue weighted by Gasteiger charge is -2.31. The second kappa shape index (κ2) is 4.99. The lowest BCUT2D eigenvalue weighted by Crippen LogP contribution is -2.38. The Kier molecular flexibility index (Phi) is 3.39. The van der Waals surface area contributed by atoms with Crippen LogP contribution in [0.2, 0.25) is 0 Å². The quantitative estimate of drug-likeness (QED) is 0.778. The van der Waals surface area contributed by atoms with Gasteiger partial charge in [-0.3, -0.25) is 0 Å². The monoisotopic (exact) mass is 295 g/mol. The molecule has 2 nitrogen and oxygen atoms in total. The fraction of sp³-hybridized carbons (Fsp3) is 0.571. The molecule has 2 unspecified atom stereocenters. The highest BCUT2D eigenvalue weighted by Gasteiger charge is 2.27. The van der Waals surface area contributed by atoms with E-state index in [4.69, 9.17) is 4.74 Å². The zero-order chi connectivity index (χ0) is 11.7. The first-order valence-electron chi connectivity index (χ1n) is 6.41. The smallest absolute Gasteiger partial charge is 0.122 e. The number of hydrogen-bond acceptors (Lipinski definition) is 2. The van der Waals surface area contributed by atoms with Gasteiger partial charge in [-0.1, -0.05) is 34.1 Å². The second-order valence-electron chi connectivity index (χ2n) is 5.04. The van der Waals surface area contributed by atoms with Gasteiger partial charge in [0.15, 0.2) is 0 Å². The van der Waals surface area contributed by atoms with Crippen molar-refractivity contribution in [2.24, 2.45) is 0 Å². The molecule has 0 aliphatic carbocycles. The van der Waals surface area contributed by atoms with Crippen LogP contribution in [0, 0.1) is 0 Å². The highest BCUT2D eigenvalue weighted by atomic mass is 79.9. The Labute approximate surface area is 111 Å². The van der Waals surface area contributed by atoms with Crippen molar-refractivity contribution >= 4 is 15.9 Å². The van der Waals surface area contributed by atoms with Crippen LogP contribution in [0.4, 0.5) is 0 Å². The third-order valence-electron chi connectivity index (χ3n) is 3.73. The van der Waals surface area contributed by atoms with Gasteiger partial charge in [-0.15, -0.1) is 0 Å². The Morgan fingerprint density at radius 3 is 3.12 bits per heavy atom. The van der Waals surface area contributed by atoms with E-state index in [1.54, 1.807) is 0 Å². The molecule has 2 aliphatic rings. The van der Waals surface area contributed by atoms with Gasteiger partial charge in [0.05, 0.1) is 6.61 Å². The summed E-state index contributed by atoms with van der Waals surface area (Å²) in [5.41, 5.74) is 1.39. The lowest BCUT2D eigenvalue weighted by molar-refractivity contribution is 0.207. The van der Waals surface area contributed by atoms with Crippen molar-refractivity contribution in [1.82, 2.24) is 4.90 Å². The molecule has 2 heterocycles. The molecule has 0 saturated carbocycles. The van der Waals surface area contributed by atoms with Gasteiger partial charge >= 0.3 is 0 Å². The van der Waals surface area contributed by atoms with Crippen LogP contribution in [0.3, 0.4) is 0 Å². The maximum atomic E-state index is 5.74. The average Bonchev–Trinajstić information content (AvgIpc) is 2.73. The number of piperidine rings is 1. The van der Waals surface area contributed by atoms with Crippen LogP contribution in [0.25, 0.3) is 0 Å². The number of hydrogen-bond donors (Lipinski definition) is 0. The van der Waals surface area contributed by atoms with Gasteiger partial charge in [-0.2, -0.15) is 0 Å². The number of nitrogens with zero attached hydrogens (tertiary/aromatic N) is 1. The number of para-hydroxylation sites is 1. The maximum absolute atomic E-state index is 5.74. The highest BCUT2D eigenvalue weighted by molar-refractivity contribution is 9.09. The number of alkyl halides is 1. The van der Waals surface area contributed by atoms with Gasteiger partial charge < -0.3 is 9.64 Å². The molecular weight excluding hydrogens is 278 g/mol. The second-order valence-corrected chi connectivity index (χ2v) is 6.34. The molecular formula is C14H18BrNO. The standard InChI is InChI=1S/C14H18BrNO/c15-12-4-3-7-16(9-12)8-11-10-17-14-6-2-1-5-13(11)14/h1-2,5-6,11-12H,3-4,7-10H2. The SMILES string of the molecule is BrC1CCCN(CC2COc3ccccc32)C1. The van der Waals surface area contributed by atoms with Crippen LogP contribution >= 0.6 is 15.9 Å². The van der Waals surface area contributed by atoms with E-state index in [9.17, 15) is 0 Å². The first kappa shape index (κ1) is 11.5. The molecule has 0 bridgehead atoms. The van der Waals surface area contributed by atoms with Gasteiger partial charge in [-0.25, -0.2) is 0 Å². The van der Waals surface area contributed by atoms with Gasteiger partial charge in [-0.05, 0) is 25.5 Å². The van der Waals surface area contributed by atoms with Crippen LogP contribution in [-0.2, 0) is 0 Å². The fourth-order valence-corrected chi connectivity index (χ4v) is 3.59. The van der Waals surface area contributed by atoms with Crippen molar-refractivity contribution in [3.05, 3.63) is 29.8 Å². The van der Waals surface area contributed by atoms with Gasteiger partial charge in [0, 0.05) is 29.4 Å². The van der Waals surface area contributed by atoms with E-state index < -0.39 is 0 Å². The van der Waals surface area contributed by atoms with Crippen LogP contribution in [0.1, 0.15) is 24.3 Å². The third-order valence-corrected chi connectivity index (χ3v) is 4.47. The topological polar surface area (TPSA) is 12.5 Å². The maximum Gasteiger partial charge on any atom is 0.122 e. The Bertz CT molecular complexity index is 396. The summed E-state index contributed by atoms with van der Waals surface area (Å²) in [5, 5.41) is 0. The molecule has 92 valence electrons. The summed E-state index contributed by atoms with van der Waals surface area (Å²) in [6, 6.07) is 8.46. The third kappa shape index (κ3) is 2.50. The van der Waals surface area contributed by atoms with Crippen molar-refractivity contribution in [3.63, 3.8) is 0 Å². The van der Waals surface area contributed by atoms with E-state index in [0.29, 0.717) is 10.7 Å². The number of halogens is 1. The van der Waals surface area contributed by atoms with E-state index in [1.807, 2.05) is 0 Å². The van der Waals surface area contributed by atoms with Gasteiger partial charge in [0.25, 0.3) is 0 Å². The first-order chi connectivity index (χ1) is 8.33. The van der Waals surface area contributed by atoms with E-state index in [-0.39, 0.29) is 0 Å². The van der Waals surface area contributed by atoms with Crippen LogP contribution in [0.5, 0.6) is 5.75 Å². The zero-order valence-electron chi connectivity index (χ0n) is 9.94. The van der Waals surface area contributed by atoms with Crippen molar-refractivity contribution in [3.8, 4) is 5.75 Å². The predicted molar refractivity (Wildman–Crippen MR) is 73.1 cm³/mol. The molecule has 17 heavy (non-hydrogen) atoms. The summed E-state index contributed by atoms with van der Waals surface area (Å²) < 4.78 is 5.74. The summed E-state index contributed by atoms with van der Waals surface area (Å²) in [6.07, 6.45) is 2.62. The van der Waals surface area contributed by atoms with E-state index in [2.05, 4.69) is 45.1 Å². The number of fused-ring (bicyclic) bond motifs is 1. The molecule has 0 N–H and O–H groups in total. The van der Waals surface area contributed by atoms with Crippen LogP contribution < -0.4 is 4.74 Å². The molecule has 2 atom stereocenters. The molecule has 3 heteroatoms. The average molecular weight is 296 g/mol. The summed E-state index contributed by atoms with van der Waals surface area (Å²) in [6.45, 7) is 4.40. The van der Waals surface area contributed by atoms with Crippen molar-refractivity contribution < 1.29 is 4.74 Å². The van der Waals surface area contributed by atoms with Gasteiger partial charge in [0.1, 0.15) is 5.75 Å². The summed E-state index contributed by atoms with van der Waals surface area (Å²) >= 11 is 3.74. The minimum Gasteiger partial charge on any atom is -0.493 e. The van der Waals surface area contributed by atoms with Crippen LogP contribution in [-0.4, -0.2) is 36.0 Å². The molecule has 0 spiro atoms. The molecule has 1 aromatic carbocycles. The molecule has 1 aromatic rings. The molecule has 1 fully saturated rings. The molecule has 3 rings (SSSR count).